The van der Waals surface area contributed by atoms with Crippen molar-refractivity contribution >= 4 is 0 Å². The van der Waals surface area contributed by atoms with Crippen molar-refractivity contribution in [2.45, 2.75) is 38.1 Å². The summed E-state index contributed by atoms with van der Waals surface area (Å²) < 4.78 is 79.2. The maximum absolute atomic E-state index is 14.5. The van der Waals surface area contributed by atoms with Crippen molar-refractivity contribution in [1.82, 2.24) is 0 Å². The Bertz CT molecular complexity index is 653. The minimum absolute atomic E-state index is 0.157. The van der Waals surface area contributed by atoms with Crippen molar-refractivity contribution in [3.8, 4) is 5.75 Å². The van der Waals surface area contributed by atoms with Gasteiger partial charge in [-0.05, 0) is 24.6 Å². The third kappa shape index (κ3) is 5.59. The highest BCUT2D eigenvalue weighted by Gasteiger charge is 2.48. The zero-order valence-electron chi connectivity index (χ0n) is 16.3. The molecule has 5 nitrogen and oxygen atoms in total. The van der Waals surface area contributed by atoms with Crippen molar-refractivity contribution in [3.63, 3.8) is 0 Å². The van der Waals surface area contributed by atoms with E-state index < -0.39 is 30.1 Å². The fraction of sp³-hybridized carbons (Fsp3) is 0.700. The summed E-state index contributed by atoms with van der Waals surface area (Å²) in [6, 6.07) is 3.74. The lowest BCUT2D eigenvalue weighted by atomic mass is 9.89. The van der Waals surface area contributed by atoms with Gasteiger partial charge in [-0.3, -0.25) is 0 Å². The Kier molecular flexibility index (Phi) is 7.37. The van der Waals surface area contributed by atoms with Gasteiger partial charge in [-0.25, -0.2) is 4.39 Å². The molecule has 0 spiro atoms. The van der Waals surface area contributed by atoms with Crippen molar-refractivity contribution in [3.05, 3.63) is 29.6 Å². The Morgan fingerprint density at radius 2 is 1.79 bits per heavy atom. The lowest BCUT2D eigenvalue weighted by Gasteiger charge is -2.46. The van der Waals surface area contributed by atoms with E-state index >= 15 is 0 Å². The molecule has 1 aromatic carbocycles. The Hall–Kier alpha value is -1.42. The molecule has 0 atom stereocenters. The van der Waals surface area contributed by atoms with Crippen LogP contribution in [0.15, 0.2) is 18.2 Å². The Labute approximate surface area is 167 Å². The van der Waals surface area contributed by atoms with Gasteiger partial charge >= 0.3 is 6.18 Å². The van der Waals surface area contributed by atoms with Gasteiger partial charge in [0.1, 0.15) is 6.79 Å². The molecule has 0 radical (unpaired) electrons. The first-order chi connectivity index (χ1) is 13.8. The first-order valence-electron chi connectivity index (χ1n) is 9.77. The fourth-order valence-corrected chi connectivity index (χ4v) is 3.57. The van der Waals surface area contributed by atoms with E-state index in [0.717, 1.165) is 25.3 Å². The second kappa shape index (κ2) is 9.59. The number of ether oxygens (including phenoxy) is 5. The van der Waals surface area contributed by atoms with Crippen LogP contribution in [-0.2, 0) is 24.7 Å². The molecule has 2 heterocycles. The lowest BCUT2D eigenvalue weighted by Crippen LogP contribution is -2.51. The van der Waals surface area contributed by atoms with E-state index in [1.807, 2.05) is 0 Å². The third-order valence-electron chi connectivity index (χ3n) is 5.10. The van der Waals surface area contributed by atoms with E-state index in [4.69, 9.17) is 18.9 Å². The molecular formula is C20H26F4O5. The minimum Gasteiger partial charge on any atom is -0.481 e. The minimum atomic E-state index is -4.55. The molecule has 2 fully saturated rings. The van der Waals surface area contributed by atoms with E-state index in [-0.39, 0.29) is 18.6 Å². The van der Waals surface area contributed by atoms with E-state index in [2.05, 4.69) is 11.7 Å². The van der Waals surface area contributed by atoms with Crippen molar-refractivity contribution in [1.29, 1.82) is 0 Å². The molecule has 2 saturated heterocycles. The summed E-state index contributed by atoms with van der Waals surface area (Å²) in [4.78, 5) is 0. The van der Waals surface area contributed by atoms with Crippen LogP contribution in [0.5, 0.6) is 5.75 Å². The van der Waals surface area contributed by atoms with Crippen LogP contribution in [0.2, 0.25) is 0 Å². The third-order valence-corrected chi connectivity index (χ3v) is 5.10. The summed E-state index contributed by atoms with van der Waals surface area (Å²) >= 11 is 0. The van der Waals surface area contributed by atoms with Gasteiger partial charge in [0.05, 0.1) is 32.3 Å². The highest BCUT2D eigenvalue weighted by molar-refractivity contribution is 5.32. The van der Waals surface area contributed by atoms with Crippen molar-refractivity contribution in [2.24, 2.45) is 11.8 Å². The van der Waals surface area contributed by atoms with Crippen molar-refractivity contribution in [2.75, 3.05) is 39.8 Å². The Morgan fingerprint density at radius 1 is 1.10 bits per heavy atom. The van der Waals surface area contributed by atoms with Gasteiger partial charge in [0, 0.05) is 11.5 Å². The summed E-state index contributed by atoms with van der Waals surface area (Å²) in [6.45, 7) is 2.17. The molecule has 1 aromatic rings. The number of rotatable bonds is 7. The van der Waals surface area contributed by atoms with Crippen LogP contribution in [0.25, 0.3) is 0 Å². The maximum Gasteiger partial charge on any atom is 0.422 e. The lowest BCUT2D eigenvalue weighted by molar-refractivity contribution is -0.341. The highest BCUT2D eigenvalue weighted by atomic mass is 19.4. The Balaban J connectivity index is 1.80. The summed E-state index contributed by atoms with van der Waals surface area (Å²) in [6.07, 6.45) is -1.47. The molecule has 2 aliphatic rings. The summed E-state index contributed by atoms with van der Waals surface area (Å²) in [5.41, 5.74) is 0.363. The summed E-state index contributed by atoms with van der Waals surface area (Å²) in [5, 5.41) is 0. The molecule has 9 heteroatoms. The van der Waals surface area contributed by atoms with Crippen LogP contribution in [0.3, 0.4) is 0 Å². The number of hydrogen-bond donors (Lipinski definition) is 0. The monoisotopic (exact) mass is 422 g/mol. The molecule has 0 aliphatic carbocycles. The molecule has 164 valence electrons. The molecule has 0 saturated carbocycles. The second-order valence-electron chi connectivity index (χ2n) is 7.40. The molecule has 0 N–H and O–H groups in total. The smallest absolute Gasteiger partial charge is 0.422 e. The zero-order chi connectivity index (χ0) is 20.9. The van der Waals surface area contributed by atoms with Crippen LogP contribution >= 0.6 is 0 Å². The number of halogens is 4. The summed E-state index contributed by atoms with van der Waals surface area (Å²) in [7, 11) is 0. The fourth-order valence-electron chi connectivity index (χ4n) is 3.57. The maximum atomic E-state index is 14.5. The molecule has 3 rings (SSSR count). The van der Waals surface area contributed by atoms with Gasteiger partial charge in [-0.15, -0.1) is 0 Å². The first-order valence-corrected chi connectivity index (χ1v) is 9.77. The highest BCUT2D eigenvalue weighted by Crippen LogP contribution is 2.42. The molecule has 2 aliphatic heterocycles. The van der Waals surface area contributed by atoms with Gasteiger partial charge < -0.3 is 23.7 Å². The van der Waals surface area contributed by atoms with Crippen LogP contribution in [0.4, 0.5) is 17.6 Å². The number of benzene rings is 1. The number of unbranched alkanes of at least 4 members (excludes halogenated alkanes) is 1. The predicted octanol–water partition coefficient (Wildman–Crippen LogP) is 4.39. The molecule has 0 amide bonds. The van der Waals surface area contributed by atoms with Gasteiger partial charge in [-0.2, -0.15) is 13.2 Å². The molecule has 0 unspecified atom stereocenters. The quantitative estimate of drug-likeness (QED) is 0.610. The zero-order valence-corrected chi connectivity index (χ0v) is 16.3. The van der Waals surface area contributed by atoms with Gasteiger partial charge in [0.25, 0.3) is 0 Å². The normalized spacial score (nSPS) is 26.4. The van der Waals surface area contributed by atoms with Gasteiger partial charge in [-0.1, -0.05) is 19.8 Å². The van der Waals surface area contributed by atoms with Crippen LogP contribution < -0.4 is 4.74 Å². The van der Waals surface area contributed by atoms with E-state index in [9.17, 15) is 17.6 Å². The molecular weight excluding hydrogens is 396 g/mol. The van der Waals surface area contributed by atoms with E-state index in [1.165, 1.54) is 12.1 Å². The van der Waals surface area contributed by atoms with Gasteiger partial charge in [0.15, 0.2) is 18.2 Å². The van der Waals surface area contributed by atoms with Crippen LogP contribution in [-0.4, -0.2) is 46.0 Å². The van der Waals surface area contributed by atoms with Gasteiger partial charge in [0.2, 0.25) is 5.79 Å². The van der Waals surface area contributed by atoms with Crippen LogP contribution in [0, 0.1) is 17.7 Å². The van der Waals surface area contributed by atoms with Crippen molar-refractivity contribution < 1.29 is 41.2 Å². The predicted molar refractivity (Wildman–Crippen MR) is 94.8 cm³/mol. The van der Waals surface area contributed by atoms with E-state index in [0.29, 0.717) is 32.0 Å². The number of alkyl halides is 3. The standard InChI is InChI=1S/C20H26F4O5/c1-2-3-4-14-8-28-20(29-9-14,16-10-25-13-26-11-16)15-5-6-18(17(21)7-15)27-12-19(22,23)24/h5-7,14,16H,2-4,8-13H2,1H3. The molecule has 0 aromatic heterocycles. The largest absolute Gasteiger partial charge is 0.481 e. The average Bonchev–Trinajstić information content (AvgIpc) is 2.72. The first kappa shape index (κ1) is 22.3. The Morgan fingerprint density at radius 3 is 2.38 bits per heavy atom. The van der Waals surface area contributed by atoms with Crippen LogP contribution in [0.1, 0.15) is 31.7 Å². The van der Waals surface area contributed by atoms with E-state index in [1.54, 1.807) is 0 Å². The average molecular weight is 422 g/mol. The number of hydrogen-bond acceptors (Lipinski definition) is 5. The SMILES string of the molecule is CCCCC1COC(c2ccc(OCC(F)(F)F)c(F)c2)(C2COCOC2)OC1. The molecule has 0 bridgehead atoms. The topological polar surface area (TPSA) is 46.2 Å². The summed E-state index contributed by atoms with van der Waals surface area (Å²) in [5.74, 6) is -2.79. The molecule has 29 heavy (non-hydrogen) atoms. The second-order valence-corrected chi connectivity index (χ2v) is 7.40.